The first-order chi connectivity index (χ1) is 4.81. The topological polar surface area (TPSA) is 47.6 Å². The monoisotopic (exact) mass is 143 g/mol. The molecule has 2 heterocycles. The van der Waals surface area contributed by atoms with Crippen molar-refractivity contribution in [2.75, 3.05) is 26.3 Å². The van der Waals surface area contributed by atoms with Crippen LogP contribution in [0.15, 0.2) is 0 Å². The average molecular weight is 143 g/mol. The zero-order valence-electron chi connectivity index (χ0n) is 5.55. The molecule has 1 spiro atoms. The van der Waals surface area contributed by atoms with Crippen LogP contribution in [0, 0.1) is 5.41 Å². The van der Waals surface area contributed by atoms with Crippen molar-refractivity contribution >= 4 is 6.16 Å². The van der Waals surface area contributed by atoms with E-state index in [0.717, 1.165) is 13.1 Å². The summed E-state index contributed by atoms with van der Waals surface area (Å²) in [5.41, 5.74) is 0.105. The van der Waals surface area contributed by atoms with Crippen molar-refractivity contribution in [3.8, 4) is 0 Å². The van der Waals surface area contributed by atoms with Crippen LogP contribution in [0.2, 0.25) is 0 Å². The second-order valence-corrected chi connectivity index (χ2v) is 2.93. The summed E-state index contributed by atoms with van der Waals surface area (Å²) in [5, 5.41) is 3.12. The number of hydrogen-bond acceptors (Lipinski definition) is 4. The Kier molecular flexibility index (Phi) is 1.11. The SMILES string of the molecule is O=C1OCC2(CNC2)CO1. The summed E-state index contributed by atoms with van der Waals surface area (Å²) in [6, 6.07) is 0. The van der Waals surface area contributed by atoms with Crippen LogP contribution in [0.1, 0.15) is 0 Å². The van der Waals surface area contributed by atoms with Crippen molar-refractivity contribution in [3.05, 3.63) is 0 Å². The first-order valence-corrected chi connectivity index (χ1v) is 3.31. The number of hydrogen-bond donors (Lipinski definition) is 1. The van der Waals surface area contributed by atoms with Crippen molar-refractivity contribution in [2.24, 2.45) is 5.41 Å². The number of carbonyl (C=O) groups is 1. The standard InChI is InChI=1S/C6H9NO3/c8-5-9-3-6(4-10-5)1-7-2-6/h7H,1-4H2. The van der Waals surface area contributed by atoms with Gasteiger partial charge in [-0.3, -0.25) is 0 Å². The first kappa shape index (κ1) is 5.97. The van der Waals surface area contributed by atoms with Gasteiger partial charge in [0.2, 0.25) is 0 Å². The molecule has 1 N–H and O–H groups in total. The average Bonchev–Trinajstić information content (AvgIpc) is 1.86. The van der Waals surface area contributed by atoms with E-state index in [2.05, 4.69) is 5.32 Å². The molecule has 10 heavy (non-hydrogen) atoms. The molecule has 2 rings (SSSR count). The Morgan fingerprint density at radius 3 is 2.30 bits per heavy atom. The molecule has 2 aliphatic heterocycles. The van der Waals surface area contributed by atoms with Crippen molar-refractivity contribution in [3.63, 3.8) is 0 Å². The Morgan fingerprint density at radius 1 is 1.30 bits per heavy atom. The molecule has 0 unspecified atom stereocenters. The van der Waals surface area contributed by atoms with Gasteiger partial charge in [-0.1, -0.05) is 0 Å². The van der Waals surface area contributed by atoms with E-state index in [4.69, 9.17) is 9.47 Å². The van der Waals surface area contributed by atoms with E-state index in [-0.39, 0.29) is 5.41 Å². The van der Waals surface area contributed by atoms with E-state index in [9.17, 15) is 4.79 Å². The fourth-order valence-corrected chi connectivity index (χ4v) is 1.19. The summed E-state index contributed by atoms with van der Waals surface area (Å²) in [6.07, 6.45) is -0.530. The number of carbonyl (C=O) groups excluding carboxylic acids is 1. The number of rotatable bonds is 0. The predicted octanol–water partition coefficient (Wildman–Crippen LogP) is -0.257. The van der Waals surface area contributed by atoms with Crippen molar-refractivity contribution in [2.45, 2.75) is 0 Å². The third kappa shape index (κ3) is 0.759. The summed E-state index contributed by atoms with van der Waals surface area (Å²) in [4.78, 5) is 10.4. The van der Waals surface area contributed by atoms with E-state index in [1.807, 2.05) is 0 Å². The molecule has 4 nitrogen and oxygen atoms in total. The minimum Gasteiger partial charge on any atom is -0.433 e. The molecule has 0 bridgehead atoms. The summed E-state index contributed by atoms with van der Waals surface area (Å²) >= 11 is 0. The van der Waals surface area contributed by atoms with Gasteiger partial charge < -0.3 is 14.8 Å². The normalized spacial score (nSPS) is 28.6. The Balaban J connectivity index is 1.96. The second-order valence-electron chi connectivity index (χ2n) is 2.93. The van der Waals surface area contributed by atoms with Crippen LogP contribution in [0.5, 0.6) is 0 Å². The summed E-state index contributed by atoms with van der Waals surface area (Å²) < 4.78 is 9.47. The van der Waals surface area contributed by atoms with Crippen LogP contribution in [0.4, 0.5) is 4.79 Å². The zero-order chi connectivity index (χ0) is 7.03. The van der Waals surface area contributed by atoms with Crippen LogP contribution < -0.4 is 5.32 Å². The summed E-state index contributed by atoms with van der Waals surface area (Å²) in [6.45, 7) is 2.83. The molecule has 0 amide bonds. The van der Waals surface area contributed by atoms with Crippen LogP contribution in [0.25, 0.3) is 0 Å². The summed E-state index contributed by atoms with van der Waals surface area (Å²) in [7, 11) is 0. The lowest BCUT2D eigenvalue weighted by Gasteiger charge is -2.43. The van der Waals surface area contributed by atoms with Crippen molar-refractivity contribution in [1.82, 2.24) is 5.32 Å². The number of nitrogens with one attached hydrogen (secondary N) is 1. The lowest BCUT2D eigenvalue weighted by molar-refractivity contribution is -0.0807. The number of cyclic esters (lactones) is 2. The highest BCUT2D eigenvalue weighted by molar-refractivity contribution is 5.60. The van der Waals surface area contributed by atoms with Crippen molar-refractivity contribution in [1.29, 1.82) is 0 Å². The third-order valence-corrected chi connectivity index (χ3v) is 1.99. The predicted molar refractivity (Wildman–Crippen MR) is 32.6 cm³/mol. The molecule has 0 saturated carbocycles. The first-order valence-electron chi connectivity index (χ1n) is 3.31. The van der Waals surface area contributed by atoms with E-state index in [1.165, 1.54) is 0 Å². The fourth-order valence-electron chi connectivity index (χ4n) is 1.19. The lowest BCUT2D eigenvalue weighted by atomic mass is 9.83. The lowest BCUT2D eigenvalue weighted by Crippen LogP contribution is -2.60. The molecule has 0 aromatic heterocycles. The molecule has 0 aliphatic carbocycles. The molecule has 0 atom stereocenters. The minimum absolute atomic E-state index is 0.105. The molecule has 0 aromatic rings. The molecule has 0 radical (unpaired) electrons. The van der Waals surface area contributed by atoms with Gasteiger partial charge in [0.05, 0.1) is 5.41 Å². The maximum absolute atomic E-state index is 10.4. The van der Waals surface area contributed by atoms with Gasteiger partial charge >= 0.3 is 6.16 Å². The van der Waals surface area contributed by atoms with Gasteiger partial charge in [0.15, 0.2) is 0 Å². The maximum Gasteiger partial charge on any atom is 0.508 e. The molecule has 0 aromatic carbocycles. The van der Waals surface area contributed by atoms with E-state index >= 15 is 0 Å². The molecule has 2 fully saturated rings. The van der Waals surface area contributed by atoms with Crippen LogP contribution >= 0.6 is 0 Å². The maximum atomic E-state index is 10.4. The zero-order valence-corrected chi connectivity index (χ0v) is 5.55. The number of ether oxygens (including phenoxy) is 2. The van der Waals surface area contributed by atoms with E-state index in [0.29, 0.717) is 13.2 Å². The van der Waals surface area contributed by atoms with Gasteiger partial charge in [-0.2, -0.15) is 0 Å². The smallest absolute Gasteiger partial charge is 0.433 e. The summed E-state index contributed by atoms with van der Waals surface area (Å²) in [5.74, 6) is 0. The largest absolute Gasteiger partial charge is 0.508 e. The Hall–Kier alpha value is -0.770. The molecule has 2 aliphatic rings. The highest BCUT2D eigenvalue weighted by Crippen LogP contribution is 2.26. The highest BCUT2D eigenvalue weighted by atomic mass is 16.7. The fraction of sp³-hybridized carbons (Fsp3) is 0.833. The molecule has 2 saturated heterocycles. The van der Waals surface area contributed by atoms with Gasteiger partial charge in [0.1, 0.15) is 13.2 Å². The molecular formula is C6H9NO3. The van der Waals surface area contributed by atoms with Gasteiger partial charge in [-0.25, -0.2) is 4.79 Å². The Morgan fingerprint density at radius 2 is 1.90 bits per heavy atom. The van der Waals surface area contributed by atoms with Gasteiger partial charge in [-0.05, 0) is 0 Å². The quantitative estimate of drug-likeness (QED) is 0.475. The van der Waals surface area contributed by atoms with Crippen LogP contribution in [-0.4, -0.2) is 32.5 Å². The van der Waals surface area contributed by atoms with Crippen molar-refractivity contribution < 1.29 is 14.3 Å². The Labute approximate surface area is 58.5 Å². The van der Waals surface area contributed by atoms with Gasteiger partial charge in [0.25, 0.3) is 0 Å². The second kappa shape index (κ2) is 1.85. The minimum atomic E-state index is -0.530. The van der Waals surface area contributed by atoms with Gasteiger partial charge in [-0.15, -0.1) is 0 Å². The van der Waals surface area contributed by atoms with E-state index < -0.39 is 6.16 Å². The third-order valence-electron chi connectivity index (χ3n) is 1.99. The van der Waals surface area contributed by atoms with Crippen LogP contribution in [-0.2, 0) is 9.47 Å². The Bertz CT molecular complexity index is 152. The van der Waals surface area contributed by atoms with E-state index in [1.54, 1.807) is 0 Å². The molecule has 56 valence electrons. The van der Waals surface area contributed by atoms with Gasteiger partial charge in [0, 0.05) is 13.1 Å². The molecule has 4 heteroatoms. The molecular weight excluding hydrogens is 134 g/mol. The van der Waals surface area contributed by atoms with Crippen LogP contribution in [0.3, 0.4) is 0 Å². The highest BCUT2D eigenvalue weighted by Gasteiger charge is 2.42.